The van der Waals surface area contributed by atoms with Crippen molar-refractivity contribution in [2.24, 2.45) is 23.5 Å². The number of nitrogens with two attached hydrogens (primary N) is 1. The van der Waals surface area contributed by atoms with Crippen LogP contribution in [0.25, 0.3) is 0 Å². The molecule has 1 aromatic rings. The molecule has 0 amide bonds. The first-order valence-electron chi connectivity index (χ1n) is 14.2. The fraction of sp³-hybridized carbons (Fsp3) is 0.667. The SMILES string of the molecule is CCCCOC(=O)OC(C)C(C)C(c1ccc(OC(=O)CC(C)CC)c(OC(=O)CC(C)CC)c1)[C@H](N)C(=O)O. The summed E-state index contributed by atoms with van der Waals surface area (Å²) >= 11 is 0. The third-order valence-electron chi connectivity index (χ3n) is 7.20. The van der Waals surface area contributed by atoms with Gasteiger partial charge in [0.05, 0.1) is 6.61 Å². The fourth-order valence-electron chi connectivity index (χ4n) is 3.96. The van der Waals surface area contributed by atoms with Crippen molar-refractivity contribution in [2.75, 3.05) is 6.61 Å². The summed E-state index contributed by atoms with van der Waals surface area (Å²) in [5, 5.41) is 9.78. The molecule has 5 unspecified atom stereocenters. The van der Waals surface area contributed by atoms with E-state index in [1.54, 1.807) is 19.9 Å². The van der Waals surface area contributed by atoms with Crippen molar-refractivity contribution >= 4 is 24.1 Å². The number of benzene rings is 1. The summed E-state index contributed by atoms with van der Waals surface area (Å²) in [6.07, 6.45) is 1.85. The van der Waals surface area contributed by atoms with Crippen LogP contribution in [0.3, 0.4) is 0 Å². The first-order valence-corrected chi connectivity index (χ1v) is 14.2. The highest BCUT2D eigenvalue weighted by Crippen LogP contribution is 2.37. The van der Waals surface area contributed by atoms with Gasteiger partial charge in [-0.2, -0.15) is 0 Å². The van der Waals surface area contributed by atoms with Crippen LogP contribution in [0, 0.1) is 17.8 Å². The molecule has 10 nitrogen and oxygen atoms in total. The number of carbonyl (C=O) groups is 4. The third kappa shape index (κ3) is 11.5. The quantitative estimate of drug-likeness (QED) is 0.134. The molecule has 1 rings (SSSR count). The van der Waals surface area contributed by atoms with Gasteiger partial charge in [-0.1, -0.05) is 66.9 Å². The van der Waals surface area contributed by atoms with E-state index < -0.39 is 48.0 Å². The number of hydrogen-bond acceptors (Lipinski definition) is 9. The van der Waals surface area contributed by atoms with Gasteiger partial charge in [0, 0.05) is 24.7 Å². The molecule has 6 atom stereocenters. The molecule has 0 aliphatic rings. The smallest absolute Gasteiger partial charge is 0.480 e. The minimum absolute atomic E-state index is 0.00867. The normalized spacial score (nSPS) is 15.6. The molecule has 10 heteroatoms. The molecule has 0 radical (unpaired) electrons. The number of esters is 2. The largest absolute Gasteiger partial charge is 0.508 e. The Morgan fingerprint density at radius 3 is 1.93 bits per heavy atom. The van der Waals surface area contributed by atoms with Gasteiger partial charge in [-0.15, -0.1) is 0 Å². The van der Waals surface area contributed by atoms with Crippen molar-refractivity contribution in [2.45, 2.75) is 105 Å². The number of carboxylic acid groups (broad SMARTS) is 1. The van der Waals surface area contributed by atoms with Crippen LogP contribution in [0.5, 0.6) is 11.5 Å². The first-order chi connectivity index (χ1) is 18.8. The number of rotatable bonds is 17. The van der Waals surface area contributed by atoms with E-state index in [0.717, 1.165) is 19.3 Å². The van der Waals surface area contributed by atoms with Crippen LogP contribution in [0.4, 0.5) is 4.79 Å². The highest BCUT2D eigenvalue weighted by molar-refractivity contribution is 5.77. The summed E-state index contributed by atoms with van der Waals surface area (Å²) in [5.74, 6) is -3.44. The zero-order chi connectivity index (χ0) is 30.4. The second kappa shape index (κ2) is 17.5. The van der Waals surface area contributed by atoms with Crippen LogP contribution in [-0.4, -0.2) is 47.9 Å². The lowest BCUT2D eigenvalue weighted by Gasteiger charge is -2.31. The van der Waals surface area contributed by atoms with Gasteiger partial charge in [-0.25, -0.2) is 4.79 Å². The van der Waals surface area contributed by atoms with Crippen molar-refractivity contribution in [1.82, 2.24) is 0 Å². The van der Waals surface area contributed by atoms with Crippen LogP contribution >= 0.6 is 0 Å². The van der Waals surface area contributed by atoms with Gasteiger partial charge < -0.3 is 29.8 Å². The minimum atomic E-state index is -1.38. The van der Waals surface area contributed by atoms with E-state index in [9.17, 15) is 24.3 Å². The number of unbranched alkanes of at least 4 members (excludes halogenated alkanes) is 1. The molecule has 0 bridgehead atoms. The summed E-state index contributed by atoms with van der Waals surface area (Å²) in [5.41, 5.74) is 6.54. The molecule has 0 fully saturated rings. The topological polar surface area (TPSA) is 151 Å². The Labute approximate surface area is 237 Å². The Morgan fingerprint density at radius 2 is 1.43 bits per heavy atom. The average molecular weight is 566 g/mol. The second-order valence-corrected chi connectivity index (χ2v) is 10.6. The van der Waals surface area contributed by atoms with Gasteiger partial charge in [0.2, 0.25) is 0 Å². The molecule has 226 valence electrons. The van der Waals surface area contributed by atoms with Crippen LogP contribution in [0.1, 0.15) is 98.5 Å². The summed E-state index contributed by atoms with van der Waals surface area (Å²) in [4.78, 5) is 49.3. The van der Waals surface area contributed by atoms with Crippen LogP contribution in [0.15, 0.2) is 18.2 Å². The Kier molecular flexibility index (Phi) is 15.3. The Hall–Kier alpha value is -3.14. The van der Waals surface area contributed by atoms with Crippen molar-refractivity contribution in [1.29, 1.82) is 0 Å². The van der Waals surface area contributed by atoms with E-state index >= 15 is 0 Å². The first kappa shape index (κ1) is 34.9. The molecule has 1 aromatic carbocycles. The molecule has 0 aliphatic carbocycles. The lowest BCUT2D eigenvalue weighted by atomic mass is 9.79. The highest BCUT2D eigenvalue weighted by atomic mass is 16.7. The van der Waals surface area contributed by atoms with Gasteiger partial charge in [-0.3, -0.25) is 14.4 Å². The van der Waals surface area contributed by atoms with Crippen molar-refractivity contribution in [3.63, 3.8) is 0 Å². The van der Waals surface area contributed by atoms with E-state index in [0.29, 0.717) is 12.0 Å². The van der Waals surface area contributed by atoms with Gasteiger partial charge in [0.25, 0.3) is 0 Å². The van der Waals surface area contributed by atoms with Gasteiger partial charge in [0.15, 0.2) is 11.5 Å². The molecular weight excluding hydrogens is 518 g/mol. The molecule has 0 heterocycles. The maximum Gasteiger partial charge on any atom is 0.508 e. The van der Waals surface area contributed by atoms with E-state index in [-0.39, 0.29) is 42.8 Å². The molecule has 0 spiro atoms. The Balaban J connectivity index is 3.39. The van der Waals surface area contributed by atoms with Gasteiger partial charge in [0.1, 0.15) is 12.1 Å². The van der Waals surface area contributed by atoms with Crippen LogP contribution in [0.2, 0.25) is 0 Å². The predicted octanol–water partition coefficient (Wildman–Crippen LogP) is 5.84. The molecule has 0 saturated heterocycles. The van der Waals surface area contributed by atoms with E-state index in [1.165, 1.54) is 12.1 Å². The molecule has 0 aliphatic heterocycles. The maximum absolute atomic E-state index is 12.7. The number of ether oxygens (including phenoxy) is 4. The standard InChI is InChI=1S/C30H47NO9/c1-8-11-14-37-30(36)38-21(7)20(6)27(28(31)29(34)35)22-12-13-23(39-25(32)15-18(4)9-2)24(17-22)40-26(33)16-19(5)10-3/h12-13,17-21,27-28H,8-11,14-16,31H2,1-7H3,(H,34,35)/t18?,19?,20?,21?,27?,28-/m0/s1. The number of hydrogen-bond donors (Lipinski definition) is 2. The Bertz CT molecular complexity index is 980. The fourth-order valence-corrected chi connectivity index (χ4v) is 3.96. The Morgan fingerprint density at radius 1 is 0.875 bits per heavy atom. The highest BCUT2D eigenvalue weighted by Gasteiger charge is 2.36. The third-order valence-corrected chi connectivity index (χ3v) is 7.20. The van der Waals surface area contributed by atoms with E-state index in [2.05, 4.69) is 0 Å². The van der Waals surface area contributed by atoms with Crippen molar-refractivity contribution in [3.8, 4) is 11.5 Å². The van der Waals surface area contributed by atoms with Crippen LogP contribution in [-0.2, 0) is 23.9 Å². The molecule has 0 saturated carbocycles. The van der Waals surface area contributed by atoms with Crippen molar-refractivity contribution < 1.29 is 43.2 Å². The van der Waals surface area contributed by atoms with Gasteiger partial charge >= 0.3 is 24.1 Å². The van der Waals surface area contributed by atoms with E-state index in [4.69, 9.17) is 24.7 Å². The summed E-state index contributed by atoms with van der Waals surface area (Å²) in [6.45, 7) is 13.3. The summed E-state index contributed by atoms with van der Waals surface area (Å²) < 4.78 is 21.7. The lowest BCUT2D eigenvalue weighted by Crippen LogP contribution is -2.42. The predicted molar refractivity (Wildman–Crippen MR) is 150 cm³/mol. The average Bonchev–Trinajstić information content (AvgIpc) is 2.89. The number of aliphatic carboxylic acids is 1. The number of carboxylic acids is 1. The second-order valence-electron chi connectivity index (χ2n) is 10.6. The minimum Gasteiger partial charge on any atom is -0.480 e. The molecule has 0 aromatic heterocycles. The lowest BCUT2D eigenvalue weighted by molar-refractivity contribution is -0.140. The molecular formula is C30H47NO9. The molecule has 3 N–H and O–H groups in total. The van der Waals surface area contributed by atoms with Gasteiger partial charge in [-0.05, 0) is 42.9 Å². The summed E-state index contributed by atoms with van der Waals surface area (Å²) in [7, 11) is 0. The summed E-state index contributed by atoms with van der Waals surface area (Å²) in [6, 6.07) is 3.14. The zero-order valence-corrected chi connectivity index (χ0v) is 24.9. The van der Waals surface area contributed by atoms with Crippen LogP contribution < -0.4 is 15.2 Å². The zero-order valence-electron chi connectivity index (χ0n) is 24.9. The number of carbonyl (C=O) groups excluding carboxylic acids is 3. The monoisotopic (exact) mass is 565 g/mol. The maximum atomic E-state index is 12.7. The molecule has 40 heavy (non-hydrogen) atoms. The van der Waals surface area contributed by atoms with E-state index in [1.807, 2.05) is 34.6 Å². The van der Waals surface area contributed by atoms with Crippen molar-refractivity contribution in [3.05, 3.63) is 23.8 Å².